The fourth-order valence-electron chi connectivity index (χ4n) is 3.21. The average molecular weight is 402 g/mol. The van der Waals surface area contributed by atoms with Crippen molar-refractivity contribution < 1.29 is 28.5 Å². The molecule has 0 aliphatic carbocycles. The predicted molar refractivity (Wildman–Crippen MR) is 107 cm³/mol. The van der Waals surface area contributed by atoms with Crippen LogP contribution in [0.2, 0.25) is 0 Å². The smallest absolute Gasteiger partial charge is 0.233 e. The highest BCUT2D eigenvalue weighted by molar-refractivity contribution is 6.04. The molecule has 4 N–H and O–H groups in total. The van der Waals surface area contributed by atoms with Crippen molar-refractivity contribution in [3.05, 3.63) is 47.5 Å². The van der Waals surface area contributed by atoms with E-state index in [4.69, 9.17) is 30.4 Å². The summed E-state index contributed by atoms with van der Waals surface area (Å²) >= 11 is 0. The highest BCUT2D eigenvalue weighted by Crippen LogP contribution is 2.35. The molecule has 29 heavy (non-hydrogen) atoms. The molecule has 0 atom stereocenters. The van der Waals surface area contributed by atoms with Crippen LogP contribution < -0.4 is 30.4 Å². The highest BCUT2D eigenvalue weighted by atomic mass is 16.5. The normalized spacial score (nSPS) is 10.9. The molecule has 0 aliphatic heterocycles. The molecule has 8 nitrogen and oxygen atoms in total. The number of hydrogen-bond donors (Lipinski definition) is 2. The lowest BCUT2D eigenvalue weighted by Crippen LogP contribution is -2.50. The van der Waals surface area contributed by atoms with Gasteiger partial charge in [0.05, 0.1) is 28.4 Å². The van der Waals surface area contributed by atoms with Gasteiger partial charge in [-0.15, -0.1) is 0 Å². The van der Waals surface area contributed by atoms with Crippen LogP contribution in [0.5, 0.6) is 23.0 Å². The van der Waals surface area contributed by atoms with Crippen LogP contribution in [0.4, 0.5) is 0 Å². The summed E-state index contributed by atoms with van der Waals surface area (Å²) in [5.41, 5.74) is 11.0. The summed E-state index contributed by atoms with van der Waals surface area (Å²) in [7, 11) is 6.04. The van der Waals surface area contributed by atoms with Gasteiger partial charge < -0.3 is 30.4 Å². The third-order valence-corrected chi connectivity index (χ3v) is 4.85. The van der Waals surface area contributed by atoms with Crippen LogP contribution in [-0.2, 0) is 22.4 Å². The van der Waals surface area contributed by atoms with E-state index < -0.39 is 17.2 Å². The Bertz CT molecular complexity index is 823. The van der Waals surface area contributed by atoms with Gasteiger partial charge in [0.1, 0.15) is 5.41 Å². The van der Waals surface area contributed by atoms with E-state index in [1.807, 2.05) is 0 Å². The summed E-state index contributed by atoms with van der Waals surface area (Å²) in [6, 6.07) is 10.2. The van der Waals surface area contributed by atoms with Crippen LogP contribution in [-0.4, -0.2) is 40.3 Å². The Balaban J connectivity index is 2.47. The first kappa shape index (κ1) is 21.9. The molecule has 2 aromatic rings. The quantitative estimate of drug-likeness (QED) is 0.580. The number of nitrogens with two attached hydrogens (primary N) is 2. The molecule has 0 saturated heterocycles. The molecule has 0 saturated carbocycles. The molecular weight excluding hydrogens is 376 g/mol. The second-order valence-corrected chi connectivity index (χ2v) is 6.54. The summed E-state index contributed by atoms with van der Waals surface area (Å²) in [6.07, 6.45) is 0.0126. The molecule has 0 bridgehead atoms. The molecule has 0 spiro atoms. The first-order valence-corrected chi connectivity index (χ1v) is 8.83. The number of amides is 2. The maximum Gasteiger partial charge on any atom is 0.233 e. The van der Waals surface area contributed by atoms with Gasteiger partial charge in [0.2, 0.25) is 11.8 Å². The Morgan fingerprint density at radius 1 is 0.690 bits per heavy atom. The molecule has 2 rings (SSSR count). The second-order valence-electron chi connectivity index (χ2n) is 6.54. The summed E-state index contributed by atoms with van der Waals surface area (Å²) in [4.78, 5) is 24.9. The largest absolute Gasteiger partial charge is 0.493 e. The predicted octanol–water partition coefficient (Wildman–Crippen LogP) is 1.46. The molecule has 156 valence electrons. The number of hydrogen-bond acceptors (Lipinski definition) is 6. The molecule has 0 aliphatic rings. The first-order valence-electron chi connectivity index (χ1n) is 8.83. The standard InChI is InChI=1S/C21H26N2O6/c1-26-15-7-5-13(9-17(15)28-3)11-21(19(22)24,20(23)25)12-14-6-8-16(27-2)18(10-14)29-4/h5-10H,11-12H2,1-4H3,(H2,22,24)(H2,23,25). The van der Waals surface area contributed by atoms with E-state index >= 15 is 0 Å². The third kappa shape index (κ3) is 4.53. The van der Waals surface area contributed by atoms with Gasteiger partial charge >= 0.3 is 0 Å². The van der Waals surface area contributed by atoms with Gasteiger partial charge in [-0.3, -0.25) is 9.59 Å². The number of rotatable bonds is 10. The van der Waals surface area contributed by atoms with Gasteiger partial charge in [0, 0.05) is 0 Å². The fourth-order valence-corrected chi connectivity index (χ4v) is 3.21. The van der Waals surface area contributed by atoms with Crippen LogP contribution in [0, 0.1) is 5.41 Å². The Morgan fingerprint density at radius 3 is 1.31 bits per heavy atom. The zero-order chi connectivity index (χ0) is 21.6. The van der Waals surface area contributed by atoms with Crippen LogP contribution in [0.15, 0.2) is 36.4 Å². The minimum atomic E-state index is -1.64. The zero-order valence-corrected chi connectivity index (χ0v) is 17.0. The Kier molecular flexibility index (Phi) is 6.93. The molecule has 2 amide bonds. The van der Waals surface area contributed by atoms with Crippen LogP contribution in [0.25, 0.3) is 0 Å². The number of ether oxygens (including phenoxy) is 4. The average Bonchev–Trinajstić information content (AvgIpc) is 2.72. The first-order chi connectivity index (χ1) is 13.8. The van der Waals surface area contributed by atoms with Crippen molar-refractivity contribution in [3.63, 3.8) is 0 Å². The van der Waals surface area contributed by atoms with Gasteiger partial charge in [-0.05, 0) is 48.2 Å². The van der Waals surface area contributed by atoms with E-state index in [1.54, 1.807) is 36.4 Å². The van der Waals surface area contributed by atoms with E-state index in [1.165, 1.54) is 28.4 Å². The van der Waals surface area contributed by atoms with E-state index in [-0.39, 0.29) is 12.8 Å². The lowest BCUT2D eigenvalue weighted by atomic mass is 9.75. The molecule has 8 heteroatoms. The molecule has 2 aromatic carbocycles. The van der Waals surface area contributed by atoms with Gasteiger partial charge in [-0.1, -0.05) is 12.1 Å². The molecule has 0 unspecified atom stereocenters. The summed E-state index contributed by atoms with van der Waals surface area (Å²) in [5, 5.41) is 0. The van der Waals surface area contributed by atoms with Crippen molar-refractivity contribution in [1.29, 1.82) is 0 Å². The van der Waals surface area contributed by atoms with Gasteiger partial charge in [0.15, 0.2) is 23.0 Å². The van der Waals surface area contributed by atoms with Crippen molar-refractivity contribution in [3.8, 4) is 23.0 Å². The van der Waals surface area contributed by atoms with Gasteiger partial charge in [-0.25, -0.2) is 0 Å². The van der Waals surface area contributed by atoms with Crippen molar-refractivity contribution >= 4 is 11.8 Å². The molecular formula is C21H26N2O6. The maximum atomic E-state index is 12.4. The van der Waals surface area contributed by atoms with Crippen LogP contribution >= 0.6 is 0 Å². The molecule has 0 heterocycles. The van der Waals surface area contributed by atoms with Crippen molar-refractivity contribution in [2.45, 2.75) is 12.8 Å². The number of benzene rings is 2. The van der Waals surface area contributed by atoms with Crippen molar-refractivity contribution in [2.24, 2.45) is 16.9 Å². The fraction of sp³-hybridized carbons (Fsp3) is 0.333. The van der Waals surface area contributed by atoms with E-state index in [2.05, 4.69) is 0 Å². The van der Waals surface area contributed by atoms with Crippen molar-refractivity contribution in [1.82, 2.24) is 0 Å². The number of carbonyl (C=O) groups is 2. The number of primary amides is 2. The summed E-state index contributed by atoms with van der Waals surface area (Å²) < 4.78 is 21.0. The minimum absolute atomic E-state index is 0.00632. The third-order valence-electron chi connectivity index (χ3n) is 4.85. The second kappa shape index (κ2) is 9.18. The van der Waals surface area contributed by atoms with Crippen LogP contribution in [0.1, 0.15) is 11.1 Å². The van der Waals surface area contributed by atoms with E-state index in [0.29, 0.717) is 34.1 Å². The van der Waals surface area contributed by atoms with Crippen molar-refractivity contribution in [2.75, 3.05) is 28.4 Å². The minimum Gasteiger partial charge on any atom is -0.493 e. The molecule has 0 fully saturated rings. The lowest BCUT2D eigenvalue weighted by Gasteiger charge is -2.28. The topological polar surface area (TPSA) is 123 Å². The SMILES string of the molecule is COc1ccc(CC(Cc2ccc(OC)c(OC)c2)(C(N)=O)C(N)=O)cc1OC. The summed E-state index contributed by atoms with van der Waals surface area (Å²) in [6.45, 7) is 0. The Morgan fingerprint density at radius 2 is 1.03 bits per heavy atom. The number of carbonyl (C=O) groups excluding carboxylic acids is 2. The Hall–Kier alpha value is -3.42. The number of methoxy groups -OCH3 is 4. The molecule has 0 radical (unpaired) electrons. The Labute approximate surface area is 169 Å². The zero-order valence-electron chi connectivity index (χ0n) is 17.0. The summed E-state index contributed by atoms with van der Waals surface area (Å²) in [5.74, 6) is 0.377. The molecule has 0 aromatic heterocycles. The maximum absolute atomic E-state index is 12.4. The van der Waals surface area contributed by atoms with Gasteiger partial charge in [-0.2, -0.15) is 0 Å². The monoisotopic (exact) mass is 402 g/mol. The lowest BCUT2D eigenvalue weighted by molar-refractivity contribution is -0.139. The van der Waals surface area contributed by atoms with E-state index in [9.17, 15) is 9.59 Å². The van der Waals surface area contributed by atoms with Crippen LogP contribution in [0.3, 0.4) is 0 Å². The highest BCUT2D eigenvalue weighted by Gasteiger charge is 2.43. The van der Waals surface area contributed by atoms with E-state index in [0.717, 1.165) is 0 Å². The van der Waals surface area contributed by atoms with Gasteiger partial charge in [0.25, 0.3) is 0 Å².